The molecular formula is C14H19ClN2O3. The van der Waals surface area contributed by atoms with Crippen LogP contribution in [0.5, 0.6) is 5.75 Å². The minimum Gasteiger partial charge on any atom is -0.492 e. The van der Waals surface area contributed by atoms with E-state index in [1.807, 2.05) is 12.1 Å². The average molecular weight is 299 g/mol. The van der Waals surface area contributed by atoms with Crippen LogP contribution >= 0.6 is 11.6 Å². The number of hydrogen-bond donors (Lipinski definition) is 3. The first-order valence-corrected chi connectivity index (χ1v) is 7.16. The largest absolute Gasteiger partial charge is 0.492 e. The van der Waals surface area contributed by atoms with Gasteiger partial charge in [0.1, 0.15) is 5.75 Å². The maximum Gasteiger partial charge on any atom is 0.315 e. The summed E-state index contributed by atoms with van der Waals surface area (Å²) in [6.07, 6.45) is 2.21. The summed E-state index contributed by atoms with van der Waals surface area (Å²) < 4.78 is 5.65. The van der Waals surface area contributed by atoms with Crippen LogP contribution in [-0.4, -0.2) is 30.9 Å². The summed E-state index contributed by atoms with van der Waals surface area (Å²) in [7, 11) is 0. The van der Waals surface area contributed by atoms with Crippen LogP contribution in [0.15, 0.2) is 18.2 Å². The van der Waals surface area contributed by atoms with Crippen LogP contribution in [0.2, 0.25) is 5.02 Å². The van der Waals surface area contributed by atoms with E-state index in [1.54, 1.807) is 6.07 Å². The predicted octanol–water partition coefficient (Wildman–Crippen LogP) is 2.24. The Hall–Kier alpha value is -1.46. The van der Waals surface area contributed by atoms with Crippen molar-refractivity contribution in [3.63, 3.8) is 0 Å². The van der Waals surface area contributed by atoms with Gasteiger partial charge in [0.2, 0.25) is 0 Å². The van der Waals surface area contributed by atoms with E-state index in [-0.39, 0.29) is 18.7 Å². The molecule has 1 aliphatic rings. The Balaban J connectivity index is 2.05. The van der Waals surface area contributed by atoms with E-state index in [4.69, 9.17) is 21.4 Å². The number of benzene rings is 1. The molecule has 110 valence electrons. The van der Waals surface area contributed by atoms with Gasteiger partial charge in [0, 0.05) is 18.7 Å². The molecule has 5 nitrogen and oxygen atoms in total. The van der Waals surface area contributed by atoms with Crippen LogP contribution < -0.4 is 15.4 Å². The number of rotatable bonds is 4. The Kier molecular flexibility index (Phi) is 5.49. The van der Waals surface area contributed by atoms with Crippen LogP contribution in [0, 0.1) is 0 Å². The van der Waals surface area contributed by atoms with E-state index >= 15 is 0 Å². The van der Waals surface area contributed by atoms with Crippen LogP contribution in [0.4, 0.5) is 4.79 Å². The van der Waals surface area contributed by atoms with Crippen molar-refractivity contribution in [3.05, 3.63) is 28.8 Å². The summed E-state index contributed by atoms with van der Waals surface area (Å²) >= 11 is 6.14. The first-order chi connectivity index (χ1) is 9.72. The van der Waals surface area contributed by atoms with E-state index in [1.165, 1.54) is 0 Å². The lowest BCUT2D eigenvalue weighted by atomic mass is 10.0. The Labute approximate surface area is 123 Å². The van der Waals surface area contributed by atoms with Gasteiger partial charge in [-0.1, -0.05) is 23.7 Å². The number of carbonyl (C=O) groups is 1. The maximum absolute atomic E-state index is 11.8. The zero-order valence-corrected chi connectivity index (χ0v) is 11.9. The fraction of sp³-hybridized carbons (Fsp3) is 0.500. The molecule has 1 aliphatic heterocycles. The molecule has 0 fully saturated rings. The highest BCUT2D eigenvalue weighted by Gasteiger charge is 2.22. The van der Waals surface area contributed by atoms with Crippen molar-refractivity contribution < 1.29 is 14.6 Å². The summed E-state index contributed by atoms with van der Waals surface area (Å²) in [4.78, 5) is 11.8. The predicted molar refractivity (Wildman–Crippen MR) is 77.2 cm³/mol. The number of aliphatic hydroxyl groups is 1. The van der Waals surface area contributed by atoms with E-state index in [9.17, 15) is 4.79 Å². The van der Waals surface area contributed by atoms with Gasteiger partial charge in [-0.25, -0.2) is 4.79 Å². The van der Waals surface area contributed by atoms with Gasteiger partial charge >= 0.3 is 6.03 Å². The van der Waals surface area contributed by atoms with Crippen LogP contribution in [-0.2, 0) is 0 Å². The van der Waals surface area contributed by atoms with Crippen LogP contribution in [0.3, 0.4) is 0 Å². The lowest BCUT2D eigenvalue weighted by molar-refractivity contribution is 0.233. The average Bonchev–Trinajstić information content (AvgIpc) is 2.63. The smallest absolute Gasteiger partial charge is 0.315 e. The SMILES string of the molecule is O=C(NCCCO)NC1CCCOc2c(Cl)cccc21. The molecule has 0 spiro atoms. The molecule has 2 rings (SSSR count). The zero-order valence-electron chi connectivity index (χ0n) is 11.2. The molecule has 1 atom stereocenters. The molecular weight excluding hydrogens is 280 g/mol. The Morgan fingerprint density at radius 2 is 2.35 bits per heavy atom. The molecule has 6 heteroatoms. The fourth-order valence-corrected chi connectivity index (χ4v) is 2.45. The number of halogens is 1. The van der Waals surface area contributed by atoms with Crippen LogP contribution in [0.25, 0.3) is 0 Å². The number of para-hydroxylation sites is 1. The van der Waals surface area contributed by atoms with Gasteiger partial charge in [0.25, 0.3) is 0 Å². The number of nitrogens with one attached hydrogen (secondary N) is 2. The summed E-state index contributed by atoms with van der Waals surface area (Å²) in [5.74, 6) is 0.660. The standard InChI is InChI=1S/C14H19ClN2O3/c15-11-5-1-4-10-12(6-2-9-20-13(10)11)17-14(19)16-7-3-8-18/h1,4-5,12,18H,2-3,6-9H2,(H2,16,17,19). The number of carbonyl (C=O) groups excluding carboxylic acids is 1. The number of ether oxygens (including phenoxy) is 1. The second-order valence-electron chi connectivity index (χ2n) is 4.68. The van der Waals surface area contributed by atoms with Crippen molar-refractivity contribution in [2.24, 2.45) is 0 Å². The lowest BCUT2D eigenvalue weighted by Gasteiger charge is -2.19. The summed E-state index contributed by atoms with van der Waals surface area (Å²) in [5.41, 5.74) is 0.910. The number of aliphatic hydroxyl groups excluding tert-OH is 1. The molecule has 3 N–H and O–H groups in total. The van der Waals surface area contributed by atoms with Gasteiger partial charge in [-0.2, -0.15) is 0 Å². The molecule has 0 aliphatic carbocycles. The number of fused-ring (bicyclic) bond motifs is 1. The highest BCUT2D eigenvalue weighted by molar-refractivity contribution is 6.32. The van der Waals surface area contributed by atoms with Gasteiger partial charge in [0.15, 0.2) is 0 Å². The monoisotopic (exact) mass is 298 g/mol. The van der Waals surface area contributed by atoms with E-state index in [2.05, 4.69) is 10.6 Å². The van der Waals surface area contributed by atoms with Gasteiger partial charge in [0.05, 0.1) is 17.7 Å². The minimum absolute atomic E-state index is 0.0655. The van der Waals surface area contributed by atoms with Crippen molar-refractivity contribution in [2.75, 3.05) is 19.8 Å². The maximum atomic E-state index is 11.8. The molecule has 1 unspecified atom stereocenters. The van der Waals surface area contributed by atoms with Crippen molar-refractivity contribution in [1.82, 2.24) is 10.6 Å². The molecule has 0 aromatic heterocycles. The molecule has 20 heavy (non-hydrogen) atoms. The van der Waals surface area contributed by atoms with E-state index in [0.29, 0.717) is 30.3 Å². The number of hydrogen-bond acceptors (Lipinski definition) is 3. The Bertz CT molecular complexity index is 468. The van der Waals surface area contributed by atoms with Crippen molar-refractivity contribution in [3.8, 4) is 5.75 Å². The normalized spacial score (nSPS) is 17.6. The topological polar surface area (TPSA) is 70.6 Å². The third kappa shape index (κ3) is 3.77. The molecule has 0 radical (unpaired) electrons. The third-order valence-electron chi connectivity index (χ3n) is 3.18. The second kappa shape index (κ2) is 7.36. The van der Waals surface area contributed by atoms with Crippen molar-refractivity contribution in [2.45, 2.75) is 25.3 Å². The summed E-state index contributed by atoms with van der Waals surface area (Å²) in [6, 6.07) is 5.21. The van der Waals surface area contributed by atoms with Crippen LogP contribution in [0.1, 0.15) is 30.9 Å². The molecule has 1 aromatic carbocycles. The second-order valence-corrected chi connectivity index (χ2v) is 5.09. The van der Waals surface area contributed by atoms with Crippen molar-refractivity contribution >= 4 is 17.6 Å². The first-order valence-electron chi connectivity index (χ1n) is 6.79. The molecule has 1 aromatic rings. The lowest BCUT2D eigenvalue weighted by Crippen LogP contribution is -2.38. The molecule has 0 bridgehead atoms. The summed E-state index contributed by atoms with van der Waals surface area (Å²) in [5, 5.41) is 14.9. The van der Waals surface area contributed by atoms with Crippen molar-refractivity contribution in [1.29, 1.82) is 0 Å². The summed E-state index contributed by atoms with van der Waals surface area (Å²) in [6.45, 7) is 1.12. The Morgan fingerprint density at radius 3 is 3.15 bits per heavy atom. The fourth-order valence-electron chi connectivity index (χ4n) is 2.21. The Morgan fingerprint density at radius 1 is 1.50 bits per heavy atom. The number of urea groups is 1. The van der Waals surface area contributed by atoms with E-state index < -0.39 is 0 Å². The first kappa shape index (κ1) is 14.9. The van der Waals surface area contributed by atoms with Gasteiger partial charge in [-0.05, 0) is 25.3 Å². The third-order valence-corrected chi connectivity index (χ3v) is 3.48. The minimum atomic E-state index is -0.240. The molecule has 0 saturated heterocycles. The highest BCUT2D eigenvalue weighted by Crippen LogP contribution is 2.36. The number of amides is 2. The van der Waals surface area contributed by atoms with Gasteiger partial charge in [-0.15, -0.1) is 0 Å². The quantitative estimate of drug-likeness (QED) is 0.747. The highest BCUT2D eigenvalue weighted by atomic mass is 35.5. The van der Waals surface area contributed by atoms with Gasteiger partial charge < -0.3 is 20.5 Å². The van der Waals surface area contributed by atoms with E-state index in [0.717, 1.165) is 18.4 Å². The van der Waals surface area contributed by atoms with Gasteiger partial charge in [-0.3, -0.25) is 0 Å². The molecule has 2 amide bonds. The molecule has 1 heterocycles. The molecule has 0 saturated carbocycles. The zero-order chi connectivity index (χ0) is 14.4.